The molecule has 0 aliphatic carbocycles. The molecule has 1 aromatic carbocycles. The molecule has 1 aromatic heterocycles. The second kappa shape index (κ2) is 6.52. The van der Waals surface area contributed by atoms with Crippen molar-refractivity contribution in [2.45, 2.75) is 39.9 Å². The van der Waals surface area contributed by atoms with E-state index in [0.29, 0.717) is 16.9 Å². The third-order valence-electron chi connectivity index (χ3n) is 3.03. The van der Waals surface area contributed by atoms with Crippen molar-refractivity contribution in [3.05, 3.63) is 29.6 Å². The van der Waals surface area contributed by atoms with E-state index >= 15 is 0 Å². The van der Waals surface area contributed by atoms with Crippen molar-refractivity contribution in [3.8, 4) is 0 Å². The number of ether oxygens (including phenoxy) is 2. The van der Waals surface area contributed by atoms with Crippen molar-refractivity contribution in [2.75, 3.05) is 12.2 Å². The van der Waals surface area contributed by atoms with Gasteiger partial charge in [-0.25, -0.2) is 22.8 Å². The van der Waals surface area contributed by atoms with E-state index in [1.165, 1.54) is 4.57 Å². The van der Waals surface area contributed by atoms with Gasteiger partial charge in [-0.15, -0.1) is 0 Å². The molecular weight excluding hydrogens is 332 g/mol. The largest absolute Gasteiger partial charge is 0.443 e. The highest BCUT2D eigenvalue weighted by Crippen LogP contribution is 2.20. The van der Waals surface area contributed by atoms with Crippen LogP contribution in [0.15, 0.2) is 18.2 Å². The summed E-state index contributed by atoms with van der Waals surface area (Å²) in [4.78, 5) is 16.7. The number of sulfone groups is 1. The first kappa shape index (κ1) is 18.4. The summed E-state index contributed by atoms with van der Waals surface area (Å²) < 4.78 is 34.1. The quantitative estimate of drug-likeness (QED) is 0.839. The van der Waals surface area contributed by atoms with Gasteiger partial charge in [0.2, 0.25) is 0 Å². The fraction of sp³-hybridized carbons (Fsp3) is 0.500. The van der Waals surface area contributed by atoms with Crippen molar-refractivity contribution in [3.63, 3.8) is 0 Å². The Kier molecular flexibility index (Phi) is 5.00. The summed E-state index contributed by atoms with van der Waals surface area (Å²) in [6.45, 7) is 7.29. The minimum Gasteiger partial charge on any atom is -0.443 e. The number of aryl methyl sites for hydroxylation is 1. The molecule has 2 aromatic rings. The van der Waals surface area contributed by atoms with Crippen LogP contribution in [0.3, 0.4) is 0 Å². The average Bonchev–Trinajstić information content (AvgIpc) is 2.70. The Balaban J connectivity index is 2.25. The van der Waals surface area contributed by atoms with E-state index in [0.717, 1.165) is 11.8 Å². The molecule has 0 spiro atoms. The fourth-order valence-corrected chi connectivity index (χ4v) is 2.57. The van der Waals surface area contributed by atoms with E-state index in [1.54, 1.807) is 45.9 Å². The lowest BCUT2D eigenvalue weighted by Crippen LogP contribution is -2.27. The van der Waals surface area contributed by atoms with Gasteiger partial charge >= 0.3 is 6.09 Å². The number of fused-ring (bicyclic) bond motifs is 1. The molecule has 0 aliphatic heterocycles. The maximum absolute atomic E-state index is 12.3. The molecule has 2 rings (SSSR count). The molecule has 0 unspecified atom stereocenters. The van der Waals surface area contributed by atoms with Crippen molar-refractivity contribution in [1.29, 1.82) is 0 Å². The number of nitrogens with zero attached hydrogens (tertiary/aromatic N) is 2. The van der Waals surface area contributed by atoms with Gasteiger partial charge in [-0.05, 0) is 45.4 Å². The zero-order chi connectivity index (χ0) is 18.1. The molecule has 0 N–H and O–H groups in total. The average molecular weight is 354 g/mol. The smallest absolute Gasteiger partial charge is 0.420 e. The topological polar surface area (TPSA) is 87.5 Å². The van der Waals surface area contributed by atoms with Crippen LogP contribution in [0.25, 0.3) is 11.0 Å². The second-order valence-electron chi connectivity index (χ2n) is 6.69. The van der Waals surface area contributed by atoms with Crippen LogP contribution < -0.4 is 0 Å². The van der Waals surface area contributed by atoms with Crippen LogP contribution in [0.5, 0.6) is 0 Å². The molecular formula is C16H22N2O5S. The van der Waals surface area contributed by atoms with Crippen molar-refractivity contribution in [1.82, 2.24) is 9.55 Å². The Morgan fingerprint density at radius 1 is 1.29 bits per heavy atom. The van der Waals surface area contributed by atoms with Gasteiger partial charge in [-0.3, -0.25) is 0 Å². The number of rotatable bonds is 4. The minimum absolute atomic E-state index is 0.154. The highest BCUT2D eigenvalue weighted by molar-refractivity contribution is 7.90. The van der Waals surface area contributed by atoms with Crippen LogP contribution in [0.2, 0.25) is 0 Å². The summed E-state index contributed by atoms with van der Waals surface area (Å²) in [5, 5.41) is 0. The third kappa shape index (κ3) is 4.78. The summed E-state index contributed by atoms with van der Waals surface area (Å²) in [5.74, 6) is 0.185. The van der Waals surface area contributed by atoms with Crippen LogP contribution in [-0.4, -0.2) is 41.9 Å². The normalized spacial score (nSPS) is 12.5. The number of carbonyl (C=O) groups excluding carboxylic acids is 1. The Bertz CT molecular complexity index is 862. The summed E-state index contributed by atoms with van der Waals surface area (Å²) in [5.41, 5.74) is 1.44. The summed E-state index contributed by atoms with van der Waals surface area (Å²) in [6, 6.07) is 5.29. The number of hydrogen-bond donors (Lipinski definition) is 0. The summed E-state index contributed by atoms with van der Waals surface area (Å²) >= 11 is 0. The third-order valence-corrected chi connectivity index (χ3v) is 3.62. The van der Waals surface area contributed by atoms with Crippen LogP contribution in [0.1, 0.15) is 32.2 Å². The Labute approximate surface area is 141 Å². The lowest BCUT2D eigenvalue weighted by Gasteiger charge is -2.20. The Morgan fingerprint density at radius 3 is 2.54 bits per heavy atom. The van der Waals surface area contributed by atoms with Crippen LogP contribution in [0, 0.1) is 6.92 Å². The zero-order valence-electron chi connectivity index (χ0n) is 14.5. The van der Waals surface area contributed by atoms with E-state index in [2.05, 4.69) is 4.98 Å². The van der Waals surface area contributed by atoms with Gasteiger partial charge in [-0.1, -0.05) is 6.07 Å². The molecule has 0 amide bonds. The standard InChI is InChI=1S/C16H22N2O5S/c1-11-17-13-8-12(9-22-10-24(5,20)21)6-7-14(13)18(11)15(19)23-16(2,3)4/h6-8H,9-10H2,1-5H3. The second-order valence-corrected chi connectivity index (χ2v) is 8.78. The van der Waals surface area contributed by atoms with Gasteiger partial charge in [0.25, 0.3) is 0 Å². The molecule has 0 aliphatic rings. The van der Waals surface area contributed by atoms with Gasteiger partial charge in [0.1, 0.15) is 17.4 Å². The number of benzene rings is 1. The monoisotopic (exact) mass is 354 g/mol. The molecule has 0 radical (unpaired) electrons. The predicted octanol–water partition coefficient (Wildman–Crippen LogP) is 2.65. The summed E-state index contributed by atoms with van der Waals surface area (Å²) in [7, 11) is -3.17. The summed E-state index contributed by atoms with van der Waals surface area (Å²) in [6.07, 6.45) is 0.630. The lowest BCUT2D eigenvalue weighted by atomic mass is 10.2. The van der Waals surface area contributed by atoms with Gasteiger partial charge in [-0.2, -0.15) is 0 Å². The lowest BCUT2D eigenvalue weighted by molar-refractivity contribution is 0.0540. The number of hydrogen-bond acceptors (Lipinski definition) is 6. The first-order chi connectivity index (χ1) is 11.0. The van der Waals surface area contributed by atoms with Gasteiger partial charge in [0.15, 0.2) is 9.84 Å². The first-order valence-corrected chi connectivity index (χ1v) is 9.49. The van der Waals surface area contributed by atoms with E-state index in [1.807, 2.05) is 0 Å². The molecule has 7 nitrogen and oxygen atoms in total. The van der Waals surface area contributed by atoms with Crippen LogP contribution in [-0.2, 0) is 25.9 Å². The molecule has 0 bridgehead atoms. The molecule has 24 heavy (non-hydrogen) atoms. The number of aromatic nitrogens is 2. The van der Waals surface area contributed by atoms with Crippen LogP contribution >= 0.6 is 0 Å². The zero-order valence-corrected chi connectivity index (χ0v) is 15.3. The van der Waals surface area contributed by atoms with Crippen LogP contribution in [0.4, 0.5) is 4.79 Å². The SMILES string of the molecule is Cc1nc2cc(COCS(C)(=O)=O)ccc2n1C(=O)OC(C)(C)C. The maximum Gasteiger partial charge on any atom is 0.420 e. The predicted molar refractivity (Wildman–Crippen MR) is 90.6 cm³/mol. The molecule has 0 saturated carbocycles. The Morgan fingerprint density at radius 2 is 1.96 bits per heavy atom. The van der Waals surface area contributed by atoms with Gasteiger partial charge in [0.05, 0.1) is 17.6 Å². The number of imidazole rings is 1. The van der Waals surface area contributed by atoms with E-state index in [9.17, 15) is 13.2 Å². The van der Waals surface area contributed by atoms with E-state index in [4.69, 9.17) is 9.47 Å². The highest BCUT2D eigenvalue weighted by atomic mass is 32.2. The Hall–Kier alpha value is -1.93. The molecule has 0 saturated heterocycles. The van der Waals surface area contributed by atoms with Gasteiger partial charge in [0, 0.05) is 6.26 Å². The molecule has 0 fully saturated rings. The van der Waals surface area contributed by atoms with Gasteiger partial charge < -0.3 is 9.47 Å². The number of carbonyl (C=O) groups is 1. The molecule has 132 valence electrons. The maximum atomic E-state index is 12.3. The molecule has 8 heteroatoms. The fourth-order valence-electron chi connectivity index (χ4n) is 2.18. The van der Waals surface area contributed by atoms with Crippen molar-refractivity contribution in [2.24, 2.45) is 0 Å². The molecule has 1 heterocycles. The molecule has 0 atom stereocenters. The van der Waals surface area contributed by atoms with Crippen molar-refractivity contribution >= 4 is 27.0 Å². The van der Waals surface area contributed by atoms with E-state index < -0.39 is 21.5 Å². The minimum atomic E-state index is -3.17. The van der Waals surface area contributed by atoms with E-state index in [-0.39, 0.29) is 12.5 Å². The van der Waals surface area contributed by atoms with Crippen molar-refractivity contribution < 1.29 is 22.7 Å². The first-order valence-electron chi connectivity index (χ1n) is 7.43. The highest BCUT2D eigenvalue weighted by Gasteiger charge is 2.21.